The van der Waals surface area contributed by atoms with Crippen molar-refractivity contribution in [1.82, 2.24) is 20.6 Å². The van der Waals surface area contributed by atoms with Gasteiger partial charge in [0.2, 0.25) is 5.91 Å². The Morgan fingerprint density at radius 1 is 1.23 bits per heavy atom. The molecule has 1 aromatic rings. The summed E-state index contributed by atoms with van der Waals surface area (Å²) in [4.78, 5) is 22.4. The molecule has 1 amide bonds. The average Bonchev–Trinajstić information content (AvgIpc) is 3.24. The number of carbonyl (C=O) groups is 1. The molecule has 0 radical (unpaired) electrons. The molecule has 8 atom stereocenters. The third-order valence-electron chi connectivity index (χ3n) is 10.3. The first kappa shape index (κ1) is 31.4. The number of rotatable bonds is 13. The predicted octanol–water partition coefficient (Wildman–Crippen LogP) is 4.44. The SMILES string of the molecule is CCC1[C@H](CO)ON(Cc2cccc(CNC(CC(C)C)CN(C)C)c2)[C@@H]1C(=O)NC1CC2CC([C@@H]1C)C2(C)C. The van der Waals surface area contributed by atoms with Crippen molar-refractivity contribution in [3.05, 3.63) is 35.4 Å². The minimum Gasteiger partial charge on any atom is -0.394 e. The standard InChI is InChI=1S/C33H56N4O3/c1-9-27-30(20-38)40-37(31(27)32(39)35-29-16-25-15-28(22(29)4)33(25,5)6)18-24-12-10-11-23(14-24)17-34-26(13-21(2)3)19-36(7)8/h10-12,14,21-22,25-31,34,38H,9,13,15-20H2,1-8H3,(H,35,39)/t22-,25?,26?,27?,28?,29?,30-,31-/m0/s1. The van der Waals surface area contributed by atoms with E-state index in [1.165, 1.54) is 12.0 Å². The molecule has 5 unspecified atom stereocenters. The van der Waals surface area contributed by atoms with Crippen molar-refractivity contribution in [2.75, 3.05) is 27.2 Å². The van der Waals surface area contributed by atoms with Gasteiger partial charge in [-0.25, -0.2) is 0 Å². The number of fused-ring (bicyclic) bond motifs is 2. The third kappa shape index (κ3) is 6.92. The number of nitrogens with zero attached hydrogens (tertiary/aromatic N) is 2. The Balaban J connectivity index is 1.43. The van der Waals surface area contributed by atoms with E-state index >= 15 is 0 Å². The largest absolute Gasteiger partial charge is 0.394 e. The molecule has 1 aliphatic heterocycles. The summed E-state index contributed by atoms with van der Waals surface area (Å²) in [5.74, 6) is 2.49. The molecule has 226 valence electrons. The Morgan fingerprint density at radius 3 is 2.55 bits per heavy atom. The number of amides is 1. The van der Waals surface area contributed by atoms with Crippen molar-refractivity contribution in [2.45, 2.75) is 105 Å². The molecule has 3 saturated carbocycles. The average molecular weight is 557 g/mol. The second kappa shape index (κ2) is 13.2. The maximum Gasteiger partial charge on any atom is 0.240 e. The van der Waals surface area contributed by atoms with Gasteiger partial charge in [-0.3, -0.25) is 9.63 Å². The number of aliphatic hydroxyl groups is 1. The quantitative estimate of drug-likeness (QED) is 0.334. The van der Waals surface area contributed by atoms with Gasteiger partial charge in [-0.05, 0) is 80.0 Å². The molecule has 1 saturated heterocycles. The first-order chi connectivity index (χ1) is 18.9. The van der Waals surface area contributed by atoms with Crippen molar-refractivity contribution in [2.24, 2.45) is 35.0 Å². The van der Waals surface area contributed by atoms with Crippen molar-refractivity contribution < 1.29 is 14.7 Å². The summed E-state index contributed by atoms with van der Waals surface area (Å²) in [5, 5.41) is 19.2. The molecular formula is C33H56N4O3. The molecule has 5 rings (SSSR count). The Bertz CT molecular complexity index is 972. The lowest BCUT2D eigenvalue weighted by molar-refractivity contribution is -0.183. The molecule has 4 aliphatic rings. The molecule has 0 spiro atoms. The van der Waals surface area contributed by atoms with Crippen LogP contribution in [0, 0.1) is 35.0 Å². The van der Waals surface area contributed by atoms with Gasteiger partial charge in [-0.1, -0.05) is 65.8 Å². The van der Waals surface area contributed by atoms with Crippen LogP contribution in [0.4, 0.5) is 0 Å². The lowest BCUT2D eigenvalue weighted by atomic mass is 9.45. The van der Waals surface area contributed by atoms with Gasteiger partial charge in [0, 0.05) is 31.1 Å². The second-order valence-corrected chi connectivity index (χ2v) is 14.3. The van der Waals surface area contributed by atoms with Crippen LogP contribution in [0.3, 0.4) is 0 Å². The number of hydrogen-bond donors (Lipinski definition) is 3. The molecule has 1 heterocycles. The molecule has 1 aromatic carbocycles. The summed E-state index contributed by atoms with van der Waals surface area (Å²) >= 11 is 0. The van der Waals surface area contributed by atoms with Crippen molar-refractivity contribution in [3.8, 4) is 0 Å². The molecule has 3 N–H and O–H groups in total. The molecule has 2 bridgehead atoms. The second-order valence-electron chi connectivity index (χ2n) is 14.3. The molecule has 4 fully saturated rings. The summed E-state index contributed by atoms with van der Waals surface area (Å²) in [6.07, 6.45) is 3.91. The predicted molar refractivity (Wildman–Crippen MR) is 161 cm³/mol. The van der Waals surface area contributed by atoms with E-state index in [2.05, 4.69) is 95.4 Å². The van der Waals surface area contributed by atoms with Crippen LogP contribution in [-0.2, 0) is 22.7 Å². The summed E-state index contributed by atoms with van der Waals surface area (Å²) in [5.41, 5.74) is 2.74. The zero-order valence-electron chi connectivity index (χ0n) is 26.3. The van der Waals surface area contributed by atoms with E-state index in [0.29, 0.717) is 41.7 Å². The number of likely N-dealkylation sites (N-methyl/N-ethyl adjacent to an activating group) is 1. The number of nitrogens with one attached hydrogen (secondary N) is 2. The van der Waals surface area contributed by atoms with Gasteiger partial charge in [0.1, 0.15) is 12.1 Å². The summed E-state index contributed by atoms with van der Waals surface area (Å²) in [7, 11) is 4.25. The van der Waals surface area contributed by atoms with Crippen LogP contribution in [0.15, 0.2) is 24.3 Å². The van der Waals surface area contributed by atoms with Crippen molar-refractivity contribution >= 4 is 5.91 Å². The van der Waals surface area contributed by atoms with Crippen LogP contribution in [0.25, 0.3) is 0 Å². The Kier molecular flexibility index (Phi) is 10.4. The highest BCUT2D eigenvalue weighted by atomic mass is 16.7. The van der Waals surface area contributed by atoms with Crippen LogP contribution in [0.2, 0.25) is 0 Å². The van der Waals surface area contributed by atoms with Crippen LogP contribution in [0.1, 0.15) is 78.4 Å². The minimum atomic E-state index is -0.405. The number of aliphatic hydroxyl groups excluding tert-OH is 1. The normalized spacial score (nSPS) is 32.3. The fourth-order valence-corrected chi connectivity index (χ4v) is 7.97. The fourth-order valence-electron chi connectivity index (χ4n) is 7.97. The third-order valence-corrected chi connectivity index (χ3v) is 10.3. The lowest BCUT2D eigenvalue weighted by Gasteiger charge is -2.62. The highest BCUT2D eigenvalue weighted by molar-refractivity contribution is 5.82. The van der Waals surface area contributed by atoms with Gasteiger partial charge in [0.15, 0.2) is 0 Å². The van der Waals surface area contributed by atoms with E-state index in [4.69, 9.17) is 4.84 Å². The summed E-state index contributed by atoms with van der Waals surface area (Å²) in [6.45, 7) is 16.0. The summed E-state index contributed by atoms with van der Waals surface area (Å²) < 4.78 is 0. The van der Waals surface area contributed by atoms with Crippen molar-refractivity contribution in [1.29, 1.82) is 0 Å². The maximum atomic E-state index is 13.9. The minimum absolute atomic E-state index is 0.0393. The van der Waals surface area contributed by atoms with Crippen LogP contribution in [-0.4, -0.2) is 72.5 Å². The molecule has 40 heavy (non-hydrogen) atoms. The van der Waals surface area contributed by atoms with Crippen LogP contribution in [0.5, 0.6) is 0 Å². The van der Waals surface area contributed by atoms with E-state index in [-0.39, 0.29) is 30.6 Å². The van der Waals surface area contributed by atoms with E-state index in [1.807, 2.05) is 5.06 Å². The van der Waals surface area contributed by atoms with Gasteiger partial charge >= 0.3 is 0 Å². The number of benzene rings is 1. The zero-order chi connectivity index (χ0) is 29.2. The highest BCUT2D eigenvalue weighted by Gasteiger charge is 2.57. The lowest BCUT2D eigenvalue weighted by Crippen LogP contribution is -2.62. The molecule has 7 nitrogen and oxygen atoms in total. The van der Waals surface area contributed by atoms with E-state index in [0.717, 1.165) is 37.9 Å². The van der Waals surface area contributed by atoms with Crippen LogP contribution >= 0.6 is 0 Å². The zero-order valence-corrected chi connectivity index (χ0v) is 26.3. The fraction of sp³-hybridized carbons (Fsp3) is 0.788. The molecule has 3 aliphatic carbocycles. The smallest absolute Gasteiger partial charge is 0.240 e. The van der Waals surface area contributed by atoms with Gasteiger partial charge in [0.05, 0.1) is 13.2 Å². The number of hydroxylamine groups is 2. The number of hydrogen-bond acceptors (Lipinski definition) is 6. The maximum absolute atomic E-state index is 13.9. The van der Waals surface area contributed by atoms with E-state index in [9.17, 15) is 9.90 Å². The van der Waals surface area contributed by atoms with Gasteiger partial charge < -0.3 is 20.6 Å². The Hall–Kier alpha value is -1.51. The monoisotopic (exact) mass is 556 g/mol. The van der Waals surface area contributed by atoms with E-state index in [1.54, 1.807) is 0 Å². The summed E-state index contributed by atoms with van der Waals surface area (Å²) in [6, 6.07) is 8.84. The number of carbonyl (C=O) groups excluding carboxylic acids is 1. The van der Waals surface area contributed by atoms with Crippen LogP contribution < -0.4 is 10.6 Å². The topological polar surface area (TPSA) is 77.1 Å². The molecule has 7 heteroatoms. The first-order valence-electron chi connectivity index (χ1n) is 15.7. The van der Waals surface area contributed by atoms with E-state index < -0.39 is 6.04 Å². The van der Waals surface area contributed by atoms with Crippen molar-refractivity contribution in [3.63, 3.8) is 0 Å². The Morgan fingerprint density at radius 2 is 1.95 bits per heavy atom. The van der Waals surface area contributed by atoms with Gasteiger partial charge in [-0.15, -0.1) is 0 Å². The Labute approximate surface area is 243 Å². The van der Waals surface area contributed by atoms with Gasteiger partial charge in [-0.2, -0.15) is 5.06 Å². The first-order valence-corrected chi connectivity index (χ1v) is 15.7. The highest BCUT2D eigenvalue weighted by Crippen LogP contribution is 2.61. The molecule has 0 aromatic heterocycles. The van der Waals surface area contributed by atoms with Gasteiger partial charge in [0.25, 0.3) is 0 Å². The molecular weight excluding hydrogens is 500 g/mol.